The Morgan fingerprint density at radius 3 is 2.33 bits per heavy atom. The van der Waals surface area contributed by atoms with Crippen molar-refractivity contribution in [3.63, 3.8) is 0 Å². The maximum Gasteiger partial charge on any atom is 0.164 e. The van der Waals surface area contributed by atoms with E-state index in [0.717, 1.165) is 0 Å². The predicted octanol–water partition coefficient (Wildman–Crippen LogP) is 0.426. The second-order valence-corrected chi connectivity index (χ2v) is 2.35. The fourth-order valence-corrected chi connectivity index (χ4v) is 0.484. The number of aliphatic hydroxyl groups is 1. The number of hydrogen-bond acceptors (Lipinski definition) is 3. The third-order valence-electron chi connectivity index (χ3n) is 1.10. The Morgan fingerprint density at radius 2 is 2.22 bits per heavy atom. The zero-order valence-electron chi connectivity index (χ0n) is 6.22. The van der Waals surface area contributed by atoms with E-state index in [1.165, 1.54) is 0 Å². The number of nitrogens with two attached hydrogens (primary N) is 1. The molecule has 0 aliphatic heterocycles. The van der Waals surface area contributed by atoms with Gasteiger partial charge in [-0.3, -0.25) is 0 Å². The number of hydrogen-bond donors (Lipinski definition) is 2. The van der Waals surface area contributed by atoms with E-state index in [0.29, 0.717) is 6.42 Å². The molecule has 0 aliphatic carbocycles. The van der Waals surface area contributed by atoms with Crippen LogP contribution in [0, 0.1) is 0 Å². The highest BCUT2D eigenvalue weighted by molar-refractivity contribution is 4.56. The van der Waals surface area contributed by atoms with Crippen molar-refractivity contribution in [1.29, 1.82) is 0 Å². The summed E-state index contributed by atoms with van der Waals surface area (Å²) < 4.78 is 4.92. The molecule has 9 heavy (non-hydrogen) atoms. The van der Waals surface area contributed by atoms with Gasteiger partial charge in [-0.05, 0) is 20.3 Å². The molecule has 3 heteroatoms. The van der Waals surface area contributed by atoms with Gasteiger partial charge >= 0.3 is 0 Å². The van der Waals surface area contributed by atoms with Crippen LogP contribution in [0.2, 0.25) is 0 Å². The minimum Gasteiger partial charge on any atom is -0.366 e. The molecule has 56 valence electrons. The lowest BCUT2D eigenvalue weighted by atomic mass is 10.2. The van der Waals surface area contributed by atoms with Gasteiger partial charge < -0.3 is 15.6 Å². The zero-order valence-corrected chi connectivity index (χ0v) is 6.22. The molecular formula is C6H15NO2. The lowest BCUT2D eigenvalue weighted by molar-refractivity contribution is -0.214. The highest BCUT2D eigenvalue weighted by Crippen LogP contribution is 2.10. The third kappa shape index (κ3) is 4.39. The Bertz CT molecular complexity index is 81.1. The Hall–Kier alpha value is -0.120. The van der Waals surface area contributed by atoms with Crippen molar-refractivity contribution in [2.75, 3.05) is 0 Å². The molecule has 3 nitrogen and oxygen atoms in total. The molecule has 0 aliphatic rings. The van der Waals surface area contributed by atoms with E-state index in [4.69, 9.17) is 10.5 Å². The van der Waals surface area contributed by atoms with E-state index in [2.05, 4.69) is 0 Å². The van der Waals surface area contributed by atoms with Gasteiger partial charge in [-0.2, -0.15) is 0 Å². The van der Waals surface area contributed by atoms with E-state index in [1.807, 2.05) is 6.92 Å². The number of rotatable bonds is 3. The average molecular weight is 133 g/mol. The van der Waals surface area contributed by atoms with Gasteiger partial charge in [0.2, 0.25) is 0 Å². The minimum absolute atomic E-state index is 0.403. The van der Waals surface area contributed by atoms with Crippen molar-refractivity contribution in [1.82, 2.24) is 0 Å². The van der Waals surface area contributed by atoms with E-state index >= 15 is 0 Å². The van der Waals surface area contributed by atoms with Gasteiger partial charge in [0.05, 0.1) is 0 Å². The molecule has 0 heterocycles. The van der Waals surface area contributed by atoms with Gasteiger partial charge in [0.1, 0.15) is 6.23 Å². The molecular weight excluding hydrogens is 118 g/mol. The molecule has 2 atom stereocenters. The van der Waals surface area contributed by atoms with Crippen LogP contribution >= 0.6 is 0 Å². The summed E-state index contributed by atoms with van der Waals surface area (Å²) >= 11 is 0. The van der Waals surface area contributed by atoms with Crippen LogP contribution in [-0.2, 0) is 4.74 Å². The molecule has 0 aromatic carbocycles. The molecule has 0 amide bonds. The van der Waals surface area contributed by atoms with Gasteiger partial charge in [-0.1, -0.05) is 6.92 Å². The predicted molar refractivity (Wildman–Crippen MR) is 35.6 cm³/mol. The van der Waals surface area contributed by atoms with Crippen LogP contribution in [-0.4, -0.2) is 17.1 Å². The molecule has 0 aromatic heterocycles. The zero-order chi connectivity index (χ0) is 7.49. The summed E-state index contributed by atoms with van der Waals surface area (Å²) in [5.74, 6) is -1.06. The van der Waals surface area contributed by atoms with E-state index < -0.39 is 12.0 Å². The molecule has 2 unspecified atom stereocenters. The maximum absolute atomic E-state index is 9.19. The molecule has 0 fully saturated rings. The fraction of sp³-hybridized carbons (Fsp3) is 1.00. The van der Waals surface area contributed by atoms with Crippen LogP contribution < -0.4 is 5.73 Å². The standard InChI is InChI=1S/C6H15NO2/c1-4-6(3,8)9-5(2)7/h5,8H,4,7H2,1-3H3. The highest BCUT2D eigenvalue weighted by Gasteiger charge is 2.18. The topological polar surface area (TPSA) is 55.5 Å². The van der Waals surface area contributed by atoms with Gasteiger partial charge in [-0.25, -0.2) is 0 Å². The molecule has 0 spiro atoms. The van der Waals surface area contributed by atoms with Crippen molar-refractivity contribution < 1.29 is 9.84 Å². The third-order valence-corrected chi connectivity index (χ3v) is 1.10. The lowest BCUT2D eigenvalue weighted by Crippen LogP contribution is -2.35. The van der Waals surface area contributed by atoms with E-state index in [1.54, 1.807) is 13.8 Å². The molecule has 0 rings (SSSR count). The van der Waals surface area contributed by atoms with Crippen LogP contribution in [0.1, 0.15) is 27.2 Å². The lowest BCUT2D eigenvalue weighted by Gasteiger charge is -2.23. The van der Waals surface area contributed by atoms with Crippen LogP contribution in [0.4, 0.5) is 0 Å². The summed E-state index contributed by atoms with van der Waals surface area (Å²) in [5, 5.41) is 9.19. The maximum atomic E-state index is 9.19. The van der Waals surface area contributed by atoms with Gasteiger partial charge in [0.25, 0.3) is 0 Å². The van der Waals surface area contributed by atoms with Crippen molar-refractivity contribution in [2.24, 2.45) is 5.73 Å². The van der Waals surface area contributed by atoms with Crippen LogP contribution in [0.25, 0.3) is 0 Å². The summed E-state index contributed by atoms with van der Waals surface area (Å²) in [4.78, 5) is 0. The quantitative estimate of drug-likeness (QED) is 0.549. The Labute approximate surface area is 55.8 Å². The normalized spacial score (nSPS) is 21.0. The largest absolute Gasteiger partial charge is 0.366 e. The van der Waals surface area contributed by atoms with E-state index in [9.17, 15) is 5.11 Å². The Balaban J connectivity index is 3.58. The Morgan fingerprint density at radius 1 is 1.78 bits per heavy atom. The first-order valence-corrected chi connectivity index (χ1v) is 3.13. The van der Waals surface area contributed by atoms with Crippen molar-refractivity contribution >= 4 is 0 Å². The van der Waals surface area contributed by atoms with E-state index in [-0.39, 0.29) is 0 Å². The summed E-state index contributed by atoms with van der Waals surface area (Å²) in [6.45, 7) is 5.11. The van der Waals surface area contributed by atoms with Gasteiger partial charge in [-0.15, -0.1) is 0 Å². The first kappa shape index (κ1) is 8.88. The van der Waals surface area contributed by atoms with Crippen molar-refractivity contribution in [3.8, 4) is 0 Å². The van der Waals surface area contributed by atoms with Crippen molar-refractivity contribution in [3.05, 3.63) is 0 Å². The summed E-state index contributed by atoms with van der Waals surface area (Å²) in [6, 6.07) is 0. The van der Waals surface area contributed by atoms with Crippen molar-refractivity contribution in [2.45, 2.75) is 39.2 Å². The smallest absolute Gasteiger partial charge is 0.164 e. The first-order chi connectivity index (χ1) is 3.98. The summed E-state index contributed by atoms with van der Waals surface area (Å²) in [6.07, 6.45) is 0.147. The second-order valence-electron chi connectivity index (χ2n) is 2.35. The first-order valence-electron chi connectivity index (χ1n) is 3.13. The fourth-order valence-electron chi connectivity index (χ4n) is 0.484. The molecule has 0 saturated carbocycles. The molecule has 0 saturated heterocycles. The minimum atomic E-state index is -1.06. The highest BCUT2D eigenvalue weighted by atomic mass is 16.6. The average Bonchev–Trinajstić information content (AvgIpc) is 1.63. The van der Waals surface area contributed by atoms with Crippen LogP contribution in [0.3, 0.4) is 0 Å². The van der Waals surface area contributed by atoms with Crippen LogP contribution in [0.5, 0.6) is 0 Å². The molecule has 0 aromatic rings. The number of ether oxygens (including phenoxy) is 1. The molecule has 0 bridgehead atoms. The Kier molecular flexibility index (Phi) is 3.11. The van der Waals surface area contributed by atoms with Crippen LogP contribution in [0.15, 0.2) is 0 Å². The SMILES string of the molecule is CCC(C)(O)OC(C)N. The summed E-state index contributed by atoms with van der Waals surface area (Å²) in [5.41, 5.74) is 5.27. The summed E-state index contributed by atoms with van der Waals surface area (Å²) in [7, 11) is 0. The monoisotopic (exact) mass is 133 g/mol. The molecule has 3 N–H and O–H groups in total. The second kappa shape index (κ2) is 3.15. The molecule has 0 radical (unpaired) electrons. The van der Waals surface area contributed by atoms with Gasteiger partial charge in [0, 0.05) is 0 Å². The van der Waals surface area contributed by atoms with Gasteiger partial charge in [0.15, 0.2) is 5.79 Å².